The van der Waals surface area contributed by atoms with Gasteiger partial charge in [0.2, 0.25) is 5.89 Å². The van der Waals surface area contributed by atoms with Crippen molar-refractivity contribution < 1.29 is 4.42 Å². The SMILES string of the molecule is CCC(C)(C)N(C)Cc1nc2c(N)cccc2o1. The molecule has 0 unspecified atom stereocenters. The lowest BCUT2D eigenvalue weighted by atomic mass is 10.0. The van der Waals surface area contributed by atoms with E-state index in [4.69, 9.17) is 10.2 Å². The van der Waals surface area contributed by atoms with Gasteiger partial charge in [0.25, 0.3) is 0 Å². The minimum atomic E-state index is 0.131. The second-order valence-electron chi connectivity index (χ2n) is 5.32. The first-order valence-corrected chi connectivity index (χ1v) is 6.29. The van der Waals surface area contributed by atoms with Gasteiger partial charge in [0.05, 0.1) is 12.2 Å². The molecule has 0 radical (unpaired) electrons. The topological polar surface area (TPSA) is 55.3 Å². The van der Waals surface area contributed by atoms with Gasteiger partial charge in [-0.2, -0.15) is 0 Å². The van der Waals surface area contributed by atoms with Crippen LogP contribution in [-0.2, 0) is 6.54 Å². The Morgan fingerprint density at radius 2 is 2.11 bits per heavy atom. The van der Waals surface area contributed by atoms with Gasteiger partial charge in [-0.15, -0.1) is 0 Å². The van der Waals surface area contributed by atoms with Crippen LogP contribution in [0.5, 0.6) is 0 Å². The average molecular weight is 247 g/mol. The molecule has 1 aromatic carbocycles. The second kappa shape index (κ2) is 4.61. The Morgan fingerprint density at radius 1 is 1.39 bits per heavy atom. The molecule has 4 heteroatoms. The first kappa shape index (κ1) is 12.9. The van der Waals surface area contributed by atoms with Crippen LogP contribution in [0.25, 0.3) is 11.1 Å². The van der Waals surface area contributed by atoms with Crippen molar-refractivity contribution in [2.45, 2.75) is 39.3 Å². The van der Waals surface area contributed by atoms with E-state index in [2.05, 4.69) is 37.7 Å². The van der Waals surface area contributed by atoms with Crippen molar-refractivity contribution in [3.05, 3.63) is 24.1 Å². The summed E-state index contributed by atoms with van der Waals surface area (Å²) in [5.41, 5.74) is 8.19. The normalized spacial score (nSPS) is 12.5. The molecule has 0 spiro atoms. The molecule has 0 atom stereocenters. The Balaban J connectivity index is 2.25. The fourth-order valence-electron chi connectivity index (χ4n) is 1.77. The van der Waals surface area contributed by atoms with Crippen LogP contribution in [0.4, 0.5) is 5.69 Å². The first-order valence-electron chi connectivity index (χ1n) is 6.29. The molecule has 0 aliphatic rings. The molecule has 18 heavy (non-hydrogen) atoms. The van der Waals surface area contributed by atoms with Crippen LogP contribution in [-0.4, -0.2) is 22.5 Å². The van der Waals surface area contributed by atoms with Crippen molar-refractivity contribution in [1.29, 1.82) is 0 Å². The van der Waals surface area contributed by atoms with Crippen molar-refractivity contribution in [2.75, 3.05) is 12.8 Å². The Labute approximate surface area is 108 Å². The molecule has 2 rings (SSSR count). The highest BCUT2D eigenvalue weighted by atomic mass is 16.3. The fourth-order valence-corrected chi connectivity index (χ4v) is 1.77. The molecule has 0 saturated carbocycles. The summed E-state index contributed by atoms with van der Waals surface area (Å²) in [6.45, 7) is 7.30. The molecule has 0 amide bonds. The van der Waals surface area contributed by atoms with E-state index in [1.165, 1.54) is 0 Å². The standard InChI is InChI=1S/C14H21N3O/c1-5-14(2,3)17(4)9-12-16-13-10(15)7-6-8-11(13)18-12/h6-8H,5,9,15H2,1-4H3. The van der Waals surface area contributed by atoms with E-state index in [1.54, 1.807) is 0 Å². The number of aromatic nitrogens is 1. The number of oxazole rings is 1. The van der Waals surface area contributed by atoms with E-state index in [9.17, 15) is 0 Å². The van der Waals surface area contributed by atoms with Crippen molar-refractivity contribution in [3.63, 3.8) is 0 Å². The van der Waals surface area contributed by atoms with Gasteiger partial charge < -0.3 is 10.2 Å². The zero-order valence-electron chi connectivity index (χ0n) is 11.5. The molecule has 2 N–H and O–H groups in total. The van der Waals surface area contributed by atoms with Crippen LogP contribution in [0.15, 0.2) is 22.6 Å². The smallest absolute Gasteiger partial charge is 0.209 e. The average Bonchev–Trinajstić information content (AvgIpc) is 2.73. The Kier molecular flexibility index (Phi) is 3.30. The van der Waals surface area contributed by atoms with Crippen molar-refractivity contribution >= 4 is 16.8 Å². The van der Waals surface area contributed by atoms with Crippen molar-refractivity contribution in [2.24, 2.45) is 0 Å². The number of nitrogen functional groups attached to an aromatic ring is 1. The molecule has 4 nitrogen and oxygen atoms in total. The zero-order valence-corrected chi connectivity index (χ0v) is 11.5. The number of rotatable bonds is 4. The van der Waals surface area contributed by atoms with Crippen LogP contribution in [0.2, 0.25) is 0 Å². The summed E-state index contributed by atoms with van der Waals surface area (Å²) < 4.78 is 5.73. The molecule has 0 aliphatic carbocycles. The third kappa shape index (κ3) is 2.34. The van der Waals surface area contributed by atoms with E-state index >= 15 is 0 Å². The quantitative estimate of drug-likeness (QED) is 0.844. The van der Waals surface area contributed by atoms with E-state index in [0.29, 0.717) is 18.1 Å². The van der Waals surface area contributed by atoms with Crippen LogP contribution in [0.3, 0.4) is 0 Å². The summed E-state index contributed by atoms with van der Waals surface area (Å²) >= 11 is 0. The maximum absolute atomic E-state index is 5.88. The van der Waals surface area contributed by atoms with Crippen molar-refractivity contribution in [1.82, 2.24) is 9.88 Å². The van der Waals surface area contributed by atoms with Gasteiger partial charge in [-0.1, -0.05) is 13.0 Å². The predicted molar refractivity (Wildman–Crippen MR) is 74.3 cm³/mol. The summed E-state index contributed by atoms with van der Waals surface area (Å²) in [7, 11) is 2.09. The first-order chi connectivity index (χ1) is 8.44. The van der Waals surface area contributed by atoms with E-state index in [-0.39, 0.29) is 5.54 Å². The zero-order chi connectivity index (χ0) is 13.3. The van der Waals surface area contributed by atoms with Crippen LogP contribution in [0, 0.1) is 0 Å². The number of para-hydroxylation sites is 1. The molecule has 0 saturated heterocycles. The lowest BCUT2D eigenvalue weighted by Gasteiger charge is -2.33. The highest BCUT2D eigenvalue weighted by Gasteiger charge is 2.22. The lowest BCUT2D eigenvalue weighted by molar-refractivity contribution is 0.131. The lowest BCUT2D eigenvalue weighted by Crippen LogP contribution is -2.39. The third-order valence-electron chi connectivity index (χ3n) is 3.77. The monoisotopic (exact) mass is 247 g/mol. The highest BCUT2D eigenvalue weighted by molar-refractivity contribution is 5.85. The molecule has 1 heterocycles. The summed E-state index contributed by atoms with van der Waals surface area (Å²) in [6.07, 6.45) is 1.08. The fraction of sp³-hybridized carbons (Fsp3) is 0.500. The van der Waals surface area contributed by atoms with Gasteiger partial charge in [0.1, 0.15) is 5.52 Å². The van der Waals surface area contributed by atoms with Gasteiger partial charge in [-0.25, -0.2) is 4.98 Å². The second-order valence-corrected chi connectivity index (χ2v) is 5.32. The molecule has 0 aliphatic heterocycles. The number of hydrogen-bond acceptors (Lipinski definition) is 4. The number of benzene rings is 1. The summed E-state index contributed by atoms with van der Waals surface area (Å²) in [4.78, 5) is 6.71. The predicted octanol–water partition coefficient (Wildman–Crippen LogP) is 3.03. The van der Waals surface area contributed by atoms with E-state index in [0.717, 1.165) is 17.5 Å². The molecule has 1 aromatic heterocycles. The number of nitrogens with two attached hydrogens (primary N) is 1. The Morgan fingerprint density at radius 3 is 2.72 bits per heavy atom. The maximum atomic E-state index is 5.88. The minimum Gasteiger partial charge on any atom is -0.439 e. The van der Waals surface area contributed by atoms with Gasteiger partial charge >= 0.3 is 0 Å². The van der Waals surface area contributed by atoms with E-state index < -0.39 is 0 Å². The Bertz CT molecular complexity index is 545. The van der Waals surface area contributed by atoms with E-state index in [1.807, 2.05) is 18.2 Å². The molecular formula is C14H21N3O. The highest BCUT2D eigenvalue weighted by Crippen LogP contribution is 2.24. The molecule has 0 bridgehead atoms. The van der Waals surface area contributed by atoms with Crippen molar-refractivity contribution in [3.8, 4) is 0 Å². The maximum Gasteiger partial charge on any atom is 0.209 e. The Hall–Kier alpha value is -1.55. The van der Waals surface area contributed by atoms with Gasteiger partial charge in [0, 0.05) is 5.54 Å². The summed E-state index contributed by atoms with van der Waals surface area (Å²) in [5.74, 6) is 0.715. The van der Waals surface area contributed by atoms with Crippen LogP contribution in [0.1, 0.15) is 33.1 Å². The molecule has 98 valence electrons. The van der Waals surface area contributed by atoms with Gasteiger partial charge in [0.15, 0.2) is 5.58 Å². The number of nitrogens with zero attached hydrogens (tertiary/aromatic N) is 2. The number of hydrogen-bond donors (Lipinski definition) is 1. The van der Waals surface area contributed by atoms with Gasteiger partial charge in [-0.05, 0) is 39.4 Å². The molecular weight excluding hydrogens is 226 g/mol. The van der Waals surface area contributed by atoms with Crippen LogP contribution >= 0.6 is 0 Å². The van der Waals surface area contributed by atoms with Crippen LogP contribution < -0.4 is 5.73 Å². The molecule has 0 fully saturated rings. The third-order valence-corrected chi connectivity index (χ3v) is 3.77. The number of anilines is 1. The minimum absolute atomic E-state index is 0.131. The molecule has 2 aromatic rings. The summed E-state index contributed by atoms with van der Waals surface area (Å²) in [5, 5.41) is 0. The largest absolute Gasteiger partial charge is 0.439 e. The summed E-state index contributed by atoms with van der Waals surface area (Å²) in [6, 6.07) is 5.62. The number of fused-ring (bicyclic) bond motifs is 1. The van der Waals surface area contributed by atoms with Gasteiger partial charge in [-0.3, -0.25) is 4.90 Å².